The summed E-state index contributed by atoms with van der Waals surface area (Å²) in [4.78, 5) is 17.4. The Labute approximate surface area is 196 Å². The first kappa shape index (κ1) is 24.3. The molecular weight excluding hydrogens is 446 g/mol. The van der Waals surface area contributed by atoms with Crippen molar-refractivity contribution in [2.45, 2.75) is 19.4 Å². The molecule has 0 N–H and O–H groups in total. The van der Waals surface area contributed by atoms with Crippen LogP contribution in [0, 0.1) is 0 Å². The second kappa shape index (κ2) is 11.0. The van der Waals surface area contributed by atoms with Crippen LogP contribution in [0.1, 0.15) is 18.9 Å². The van der Waals surface area contributed by atoms with Crippen molar-refractivity contribution in [3.8, 4) is 0 Å². The number of carbonyl (C=O) groups excluding carboxylic acids is 1. The van der Waals surface area contributed by atoms with Crippen LogP contribution in [0.15, 0.2) is 60.7 Å². The molecule has 6 nitrogen and oxygen atoms in total. The van der Waals surface area contributed by atoms with Gasteiger partial charge in [-0.3, -0.25) is 14.0 Å². The van der Waals surface area contributed by atoms with Crippen molar-refractivity contribution >= 4 is 39.3 Å². The molecule has 2 aromatic rings. The predicted octanol–water partition coefficient (Wildman–Crippen LogP) is 3.74. The number of benzene rings is 2. The van der Waals surface area contributed by atoms with Gasteiger partial charge in [-0.05, 0) is 36.2 Å². The number of amides is 1. The lowest BCUT2D eigenvalue weighted by molar-refractivity contribution is -0.134. The van der Waals surface area contributed by atoms with E-state index in [0.29, 0.717) is 30.2 Å². The van der Waals surface area contributed by atoms with E-state index in [1.165, 1.54) is 4.31 Å². The molecule has 1 saturated heterocycles. The van der Waals surface area contributed by atoms with Crippen LogP contribution in [0.2, 0.25) is 5.02 Å². The first-order valence-electron chi connectivity index (χ1n) is 10.8. The van der Waals surface area contributed by atoms with Crippen molar-refractivity contribution in [2.75, 3.05) is 43.3 Å². The highest BCUT2D eigenvalue weighted by atomic mass is 35.5. The first-order valence-corrected chi connectivity index (χ1v) is 13.0. The molecule has 0 bridgehead atoms. The molecule has 1 amide bonds. The zero-order valence-corrected chi connectivity index (χ0v) is 20.1. The highest BCUT2D eigenvalue weighted by Crippen LogP contribution is 2.25. The number of sulfonamides is 1. The summed E-state index contributed by atoms with van der Waals surface area (Å²) in [7, 11) is -3.65. The smallest absolute Gasteiger partial charge is 0.246 e. The SMILES string of the molecule is CCC(C(=O)N1CCN(C/C=C/c2ccccc2)CC1)N(c1ccc(Cl)cc1)S(C)(=O)=O. The number of halogens is 1. The van der Waals surface area contributed by atoms with Gasteiger partial charge in [0.1, 0.15) is 6.04 Å². The fourth-order valence-electron chi connectivity index (χ4n) is 3.89. The molecule has 0 saturated carbocycles. The lowest BCUT2D eigenvalue weighted by Crippen LogP contribution is -2.55. The fourth-order valence-corrected chi connectivity index (χ4v) is 5.23. The maximum atomic E-state index is 13.3. The Morgan fingerprint density at radius 3 is 2.25 bits per heavy atom. The van der Waals surface area contributed by atoms with Crippen molar-refractivity contribution in [1.82, 2.24) is 9.80 Å². The van der Waals surface area contributed by atoms with E-state index in [4.69, 9.17) is 11.6 Å². The Kier molecular flexibility index (Phi) is 8.34. The Hall–Kier alpha value is -2.35. The summed E-state index contributed by atoms with van der Waals surface area (Å²) < 4.78 is 26.4. The number of hydrogen-bond donors (Lipinski definition) is 0. The summed E-state index contributed by atoms with van der Waals surface area (Å²) in [6, 6.07) is 15.9. The van der Waals surface area contributed by atoms with E-state index in [0.717, 1.165) is 31.5 Å². The van der Waals surface area contributed by atoms with Crippen molar-refractivity contribution in [2.24, 2.45) is 0 Å². The third-order valence-electron chi connectivity index (χ3n) is 5.55. The van der Waals surface area contributed by atoms with Crippen molar-refractivity contribution in [3.63, 3.8) is 0 Å². The Balaban J connectivity index is 1.64. The third kappa shape index (κ3) is 6.34. The van der Waals surface area contributed by atoms with Crippen LogP contribution in [0.5, 0.6) is 0 Å². The summed E-state index contributed by atoms with van der Waals surface area (Å²) in [6.07, 6.45) is 5.75. The number of rotatable bonds is 8. The average molecular weight is 476 g/mol. The molecule has 3 rings (SSSR count). The van der Waals surface area contributed by atoms with Crippen LogP contribution in [-0.2, 0) is 14.8 Å². The minimum Gasteiger partial charge on any atom is -0.338 e. The van der Waals surface area contributed by atoms with Gasteiger partial charge in [-0.25, -0.2) is 8.42 Å². The van der Waals surface area contributed by atoms with Gasteiger partial charge in [-0.15, -0.1) is 0 Å². The van der Waals surface area contributed by atoms with Gasteiger partial charge in [-0.1, -0.05) is 61.0 Å². The van der Waals surface area contributed by atoms with Crippen molar-refractivity contribution in [3.05, 3.63) is 71.3 Å². The van der Waals surface area contributed by atoms with Crippen molar-refractivity contribution < 1.29 is 13.2 Å². The fraction of sp³-hybridized carbons (Fsp3) is 0.375. The normalized spacial score (nSPS) is 16.3. The van der Waals surface area contributed by atoms with Gasteiger partial charge in [-0.2, -0.15) is 0 Å². The van der Waals surface area contributed by atoms with E-state index in [1.807, 2.05) is 25.1 Å². The Bertz CT molecular complexity index is 1020. The molecule has 1 heterocycles. The van der Waals surface area contributed by atoms with E-state index >= 15 is 0 Å². The van der Waals surface area contributed by atoms with E-state index in [-0.39, 0.29) is 5.91 Å². The molecule has 0 spiro atoms. The highest BCUT2D eigenvalue weighted by Gasteiger charge is 2.35. The van der Waals surface area contributed by atoms with Gasteiger partial charge in [0.15, 0.2) is 0 Å². The van der Waals surface area contributed by atoms with Crippen LogP contribution >= 0.6 is 11.6 Å². The molecule has 2 aromatic carbocycles. The van der Waals surface area contributed by atoms with E-state index in [1.54, 1.807) is 29.2 Å². The maximum absolute atomic E-state index is 13.3. The molecule has 32 heavy (non-hydrogen) atoms. The molecule has 1 aliphatic rings. The van der Waals surface area contributed by atoms with Gasteiger partial charge in [0.25, 0.3) is 0 Å². The standard InChI is InChI=1S/C24H30ClN3O3S/c1-3-23(28(32(2,30)31)22-13-11-21(25)12-14-22)24(29)27-18-16-26(17-19-27)15-7-10-20-8-5-4-6-9-20/h4-14,23H,3,15-19H2,1-2H3/b10-7+. The molecule has 1 atom stereocenters. The first-order chi connectivity index (χ1) is 15.3. The Morgan fingerprint density at radius 1 is 1.06 bits per heavy atom. The van der Waals surface area contributed by atoms with Gasteiger partial charge in [0.2, 0.25) is 15.9 Å². The van der Waals surface area contributed by atoms with Crippen LogP contribution in [0.4, 0.5) is 5.69 Å². The zero-order chi connectivity index (χ0) is 23.1. The largest absolute Gasteiger partial charge is 0.338 e. The number of hydrogen-bond acceptors (Lipinski definition) is 4. The second-order valence-electron chi connectivity index (χ2n) is 7.90. The summed E-state index contributed by atoms with van der Waals surface area (Å²) in [5.74, 6) is -0.160. The average Bonchev–Trinajstić information content (AvgIpc) is 2.78. The minimum absolute atomic E-state index is 0.160. The molecule has 0 aliphatic carbocycles. The Morgan fingerprint density at radius 2 is 1.69 bits per heavy atom. The summed E-state index contributed by atoms with van der Waals surface area (Å²) in [5.41, 5.74) is 1.61. The summed E-state index contributed by atoms with van der Waals surface area (Å²) in [5, 5.41) is 0.513. The van der Waals surface area contributed by atoms with Crippen LogP contribution in [0.3, 0.4) is 0 Å². The van der Waals surface area contributed by atoms with Gasteiger partial charge < -0.3 is 4.90 Å². The zero-order valence-electron chi connectivity index (χ0n) is 18.5. The summed E-state index contributed by atoms with van der Waals surface area (Å²) in [6.45, 7) is 5.30. The highest BCUT2D eigenvalue weighted by molar-refractivity contribution is 7.92. The molecular formula is C24H30ClN3O3S. The van der Waals surface area contributed by atoms with E-state index in [2.05, 4.69) is 29.2 Å². The molecule has 0 radical (unpaired) electrons. The van der Waals surface area contributed by atoms with Crippen LogP contribution < -0.4 is 4.31 Å². The molecule has 1 fully saturated rings. The van der Waals surface area contributed by atoms with E-state index < -0.39 is 16.1 Å². The monoisotopic (exact) mass is 475 g/mol. The quantitative estimate of drug-likeness (QED) is 0.583. The predicted molar refractivity (Wildman–Crippen MR) is 131 cm³/mol. The van der Waals surface area contributed by atoms with E-state index in [9.17, 15) is 13.2 Å². The number of anilines is 1. The molecule has 8 heteroatoms. The van der Waals surface area contributed by atoms with Gasteiger partial charge in [0.05, 0.1) is 11.9 Å². The molecule has 0 aromatic heterocycles. The second-order valence-corrected chi connectivity index (χ2v) is 10.2. The van der Waals surface area contributed by atoms with Gasteiger partial charge >= 0.3 is 0 Å². The van der Waals surface area contributed by atoms with Crippen LogP contribution in [-0.4, -0.2) is 69.1 Å². The van der Waals surface area contributed by atoms with Gasteiger partial charge in [0, 0.05) is 37.7 Å². The molecule has 1 unspecified atom stereocenters. The molecule has 172 valence electrons. The number of carbonyl (C=O) groups is 1. The minimum atomic E-state index is -3.65. The maximum Gasteiger partial charge on any atom is 0.246 e. The lowest BCUT2D eigenvalue weighted by atomic mass is 10.1. The molecule has 1 aliphatic heterocycles. The van der Waals surface area contributed by atoms with Crippen LogP contribution in [0.25, 0.3) is 6.08 Å². The van der Waals surface area contributed by atoms with Crippen molar-refractivity contribution in [1.29, 1.82) is 0 Å². The topological polar surface area (TPSA) is 60.9 Å². The number of piperazine rings is 1. The lowest BCUT2D eigenvalue weighted by Gasteiger charge is -2.38. The number of nitrogens with zero attached hydrogens (tertiary/aromatic N) is 3. The summed E-state index contributed by atoms with van der Waals surface area (Å²) >= 11 is 5.96. The third-order valence-corrected chi connectivity index (χ3v) is 6.98.